The van der Waals surface area contributed by atoms with Gasteiger partial charge in [0.2, 0.25) is 0 Å². The zero-order chi connectivity index (χ0) is 18.7. The highest BCUT2D eigenvalue weighted by Gasteiger charge is 2.19. The summed E-state index contributed by atoms with van der Waals surface area (Å²) in [5.74, 6) is 0.500. The van der Waals surface area contributed by atoms with E-state index in [4.69, 9.17) is 4.74 Å². The Morgan fingerprint density at radius 3 is 2.35 bits per heavy atom. The van der Waals surface area contributed by atoms with Gasteiger partial charge in [0, 0.05) is 15.9 Å². The summed E-state index contributed by atoms with van der Waals surface area (Å²) in [4.78, 5) is 12.7. The second-order valence-corrected chi connectivity index (χ2v) is 7.52. The summed E-state index contributed by atoms with van der Waals surface area (Å²) in [7, 11) is 0. The van der Waals surface area contributed by atoms with E-state index in [9.17, 15) is 4.79 Å². The predicted molar refractivity (Wildman–Crippen MR) is 110 cm³/mol. The van der Waals surface area contributed by atoms with Gasteiger partial charge in [0.25, 0.3) is 5.91 Å². The van der Waals surface area contributed by atoms with Crippen molar-refractivity contribution in [3.63, 3.8) is 0 Å². The fraction of sp³-hybridized carbons (Fsp3) is 0.227. The van der Waals surface area contributed by atoms with Crippen LogP contribution in [0.3, 0.4) is 0 Å². The van der Waals surface area contributed by atoms with E-state index in [1.807, 2.05) is 81.4 Å². The number of hydrogen-bond donors (Lipinski definition) is 1. The summed E-state index contributed by atoms with van der Waals surface area (Å²) in [6.07, 6.45) is -0.181. The Bertz CT molecular complexity index is 919. The molecule has 0 saturated carbocycles. The van der Waals surface area contributed by atoms with Crippen molar-refractivity contribution in [2.24, 2.45) is 0 Å². The Kier molecular flexibility index (Phi) is 5.62. The molecule has 0 aliphatic heterocycles. The van der Waals surface area contributed by atoms with E-state index in [1.54, 1.807) is 0 Å². The van der Waals surface area contributed by atoms with Crippen molar-refractivity contribution >= 4 is 32.6 Å². The molecule has 3 nitrogen and oxygen atoms in total. The van der Waals surface area contributed by atoms with Crippen molar-refractivity contribution < 1.29 is 9.53 Å². The van der Waals surface area contributed by atoms with Gasteiger partial charge in [0.1, 0.15) is 11.9 Å². The van der Waals surface area contributed by atoms with E-state index >= 15 is 0 Å². The highest BCUT2D eigenvalue weighted by Crippen LogP contribution is 2.33. The molecule has 0 heterocycles. The zero-order valence-electron chi connectivity index (χ0n) is 15.1. The molecule has 0 bridgehead atoms. The average molecular weight is 412 g/mol. The lowest BCUT2D eigenvalue weighted by Crippen LogP contribution is -2.30. The number of hydrogen-bond acceptors (Lipinski definition) is 2. The van der Waals surface area contributed by atoms with Crippen molar-refractivity contribution in [1.29, 1.82) is 0 Å². The molecule has 1 unspecified atom stereocenters. The highest BCUT2D eigenvalue weighted by molar-refractivity contribution is 9.10. The van der Waals surface area contributed by atoms with Gasteiger partial charge in [0.15, 0.2) is 0 Å². The Labute approximate surface area is 162 Å². The Hall–Kier alpha value is -2.33. The van der Waals surface area contributed by atoms with Gasteiger partial charge >= 0.3 is 0 Å². The second kappa shape index (κ2) is 7.92. The minimum absolute atomic E-state index is 0.0608. The number of rotatable bonds is 5. The third kappa shape index (κ3) is 4.07. The maximum Gasteiger partial charge on any atom is 0.255 e. The number of carbonyl (C=O) groups is 1. The third-order valence-corrected chi connectivity index (χ3v) is 4.71. The molecule has 0 saturated heterocycles. The van der Waals surface area contributed by atoms with Gasteiger partial charge in [-0.15, -0.1) is 0 Å². The van der Waals surface area contributed by atoms with Gasteiger partial charge in [-0.3, -0.25) is 4.79 Å². The third-order valence-electron chi connectivity index (χ3n) is 4.18. The molecule has 0 aromatic heterocycles. The number of nitrogens with one attached hydrogen (secondary N) is 1. The molecular weight excluding hydrogens is 390 g/mol. The van der Waals surface area contributed by atoms with Crippen LogP contribution in [0.15, 0.2) is 65.1 Å². The quantitative estimate of drug-likeness (QED) is 0.568. The van der Waals surface area contributed by atoms with Crippen molar-refractivity contribution in [1.82, 2.24) is 5.32 Å². The van der Waals surface area contributed by atoms with Gasteiger partial charge in [0.05, 0.1) is 5.56 Å². The molecule has 3 aromatic rings. The lowest BCUT2D eigenvalue weighted by Gasteiger charge is -2.20. The van der Waals surface area contributed by atoms with Gasteiger partial charge in [-0.25, -0.2) is 0 Å². The SMILES string of the molecule is CC(C)NC(=O)c1ccc2ccccc2c1OC(C)c1ccc(Br)cc1. The fourth-order valence-electron chi connectivity index (χ4n) is 2.87. The van der Waals surface area contributed by atoms with E-state index in [0.29, 0.717) is 11.3 Å². The first-order valence-electron chi connectivity index (χ1n) is 8.70. The van der Waals surface area contributed by atoms with Crippen molar-refractivity contribution in [2.75, 3.05) is 0 Å². The molecule has 3 aromatic carbocycles. The van der Waals surface area contributed by atoms with Crippen LogP contribution in [-0.4, -0.2) is 11.9 Å². The number of ether oxygens (including phenoxy) is 1. The summed E-state index contributed by atoms with van der Waals surface area (Å²) in [6.45, 7) is 5.89. The fourth-order valence-corrected chi connectivity index (χ4v) is 3.13. The molecule has 0 aliphatic carbocycles. The number of amides is 1. The van der Waals surface area contributed by atoms with E-state index in [2.05, 4.69) is 21.2 Å². The second-order valence-electron chi connectivity index (χ2n) is 6.60. The smallest absolute Gasteiger partial charge is 0.255 e. The Morgan fingerprint density at radius 2 is 1.65 bits per heavy atom. The van der Waals surface area contributed by atoms with Crippen LogP contribution in [0.1, 0.15) is 42.8 Å². The molecule has 1 N–H and O–H groups in total. The first kappa shape index (κ1) is 18.5. The summed E-state index contributed by atoms with van der Waals surface area (Å²) in [5.41, 5.74) is 1.61. The molecule has 0 aliphatic rings. The molecule has 1 atom stereocenters. The van der Waals surface area contributed by atoms with Crippen LogP contribution >= 0.6 is 15.9 Å². The molecule has 26 heavy (non-hydrogen) atoms. The van der Waals surface area contributed by atoms with Crippen LogP contribution in [0.4, 0.5) is 0 Å². The summed E-state index contributed by atoms with van der Waals surface area (Å²) in [6, 6.07) is 19.8. The van der Waals surface area contributed by atoms with Crippen LogP contribution < -0.4 is 10.1 Å². The molecule has 3 rings (SSSR count). The van der Waals surface area contributed by atoms with Crippen LogP contribution in [0.2, 0.25) is 0 Å². The zero-order valence-corrected chi connectivity index (χ0v) is 16.7. The predicted octanol–water partition coefficient (Wildman–Crippen LogP) is 5.88. The lowest BCUT2D eigenvalue weighted by atomic mass is 10.0. The largest absolute Gasteiger partial charge is 0.485 e. The summed E-state index contributed by atoms with van der Waals surface area (Å²) < 4.78 is 7.33. The van der Waals surface area contributed by atoms with Gasteiger partial charge in [-0.2, -0.15) is 0 Å². The first-order chi connectivity index (χ1) is 12.5. The van der Waals surface area contributed by atoms with Crippen molar-refractivity contribution in [2.45, 2.75) is 32.9 Å². The molecule has 1 amide bonds. The maximum atomic E-state index is 12.7. The molecule has 0 radical (unpaired) electrons. The maximum absolute atomic E-state index is 12.7. The molecule has 0 fully saturated rings. The Balaban J connectivity index is 2.03. The monoisotopic (exact) mass is 411 g/mol. The van der Waals surface area contributed by atoms with Gasteiger partial charge in [-0.1, -0.05) is 58.4 Å². The molecular formula is C22H22BrNO2. The van der Waals surface area contributed by atoms with Gasteiger partial charge in [-0.05, 0) is 49.9 Å². The molecule has 134 valence electrons. The Morgan fingerprint density at radius 1 is 0.962 bits per heavy atom. The van der Waals surface area contributed by atoms with Crippen molar-refractivity contribution in [3.8, 4) is 5.75 Å². The van der Waals surface area contributed by atoms with Gasteiger partial charge < -0.3 is 10.1 Å². The van der Waals surface area contributed by atoms with Crippen LogP contribution in [-0.2, 0) is 0 Å². The number of fused-ring (bicyclic) bond motifs is 1. The van der Waals surface area contributed by atoms with E-state index in [0.717, 1.165) is 20.8 Å². The standard InChI is InChI=1S/C22H22BrNO2/c1-14(2)24-22(25)20-13-10-17-6-4-5-7-19(17)21(20)26-15(3)16-8-11-18(23)12-9-16/h4-15H,1-3H3,(H,24,25). The van der Waals surface area contributed by atoms with E-state index < -0.39 is 0 Å². The van der Waals surface area contributed by atoms with E-state index in [-0.39, 0.29) is 18.1 Å². The normalized spacial score (nSPS) is 12.2. The summed E-state index contributed by atoms with van der Waals surface area (Å²) >= 11 is 3.45. The minimum Gasteiger partial charge on any atom is -0.485 e. The topological polar surface area (TPSA) is 38.3 Å². The molecule has 0 spiro atoms. The van der Waals surface area contributed by atoms with Crippen molar-refractivity contribution in [3.05, 3.63) is 76.3 Å². The van der Waals surface area contributed by atoms with Crippen LogP contribution in [0, 0.1) is 0 Å². The van der Waals surface area contributed by atoms with Crippen LogP contribution in [0.5, 0.6) is 5.75 Å². The summed E-state index contributed by atoms with van der Waals surface area (Å²) in [5, 5.41) is 4.95. The first-order valence-corrected chi connectivity index (χ1v) is 9.49. The average Bonchev–Trinajstić information content (AvgIpc) is 2.61. The number of carbonyl (C=O) groups excluding carboxylic acids is 1. The lowest BCUT2D eigenvalue weighted by molar-refractivity contribution is 0.0937. The number of halogens is 1. The minimum atomic E-state index is -0.181. The number of benzene rings is 3. The molecule has 4 heteroatoms. The van der Waals surface area contributed by atoms with E-state index in [1.165, 1.54) is 0 Å². The van der Waals surface area contributed by atoms with Crippen LogP contribution in [0.25, 0.3) is 10.8 Å². The highest BCUT2D eigenvalue weighted by atomic mass is 79.9.